The molecule has 1 aliphatic heterocycles. The summed E-state index contributed by atoms with van der Waals surface area (Å²) in [7, 11) is 0. The van der Waals surface area contributed by atoms with Gasteiger partial charge in [0, 0.05) is 23.3 Å². The number of nitrogens with two attached hydrogens (primary N) is 1. The van der Waals surface area contributed by atoms with Gasteiger partial charge in [0.05, 0.1) is 11.5 Å². The number of rotatable bonds is 3. The molecule has 3 rings (SSSR count). The van der Waals surface area contributed by atoms with Crippen LogP contribution in [0.4, 0.5) is 0 Å². The van der Waals surface area contributed by atoms with E-state index in [1.54, 1.807) is 28.8 Å². The largest absolute Gasteiger partial charge is 0.440 e. The topological polar surface area (TPSA) is 81.0 Å². The monoisotopic (exact) mass is 369 g/mol. The van der Waals surface area contributed by atoms with Gasteiger partial charge in [0.2, 0.25) is 5.88 Å². The van der Waals surface area contributed by atoms with Crippen LogP contribution >= 0.6 is 11.6 Å². The Kier molecular flexibility index (Phi) is 4.80. The van der Waals surface area contributed by atoms with Crippen molar-refractivity contribution in [2.24, 2.45) is 11.7 Å². The van der Waals surface area contributed by atoms with Crippen molar-refractivity contribution < 1.29 is 4.74 Å². The van der Waals surface area contributed by atoms with Gasteiger partial charge in [-0.1, -0.05) is 37.6 Å². The maximum absolute atomic E-state index is 13.3. The van der Waals surface area contributed by atoms with Crippen molar-refractivity contribution in [3.63, 3.8) is 0 Å². The highest BCUT2D eigenvalue weighted by Crippen LogP contribution is 2.40. The lowest BCUT2D eigenvalue weighted by Crippen LogP contribution is -2.33. The molecule has 0 saturated heterocycles. The lowest BCUT2D eigenvalue weighted by atomic mass is 9.84. The van der Waals surface area contributed by atoms with Crippen LogP contribution in [0.1, 0.15) is 36.6 Å². The maximum Gasteiger partial charge on any atom is 0.258 e. The number of hydrogen-bond donors (Lipinski definition) is 1. The summed E-state index contributed by atoms with van der Waals surface area (Å²) in [5.41, 5.74) is 7.98. The third-order valence-corrected chi connectivity index (χ3v) is 4.65. The molecule has 26 heavy (non-hydrogen) atoms. The summed E-state index contributed by atoms with van der Waals surface area (Å²) in [5, 5.41) is 10.2. The molecule has 134 valence electrons. The molecule has 6 heteroatoms. The second-order valence-electron chi connectivity index (χ2n) is 6.85. The molecular formula is C20H20ClN3O2. The smallest absolute Gasteiger partial charge is 0.258 e. The van der Waals surface area contributed by atoms with Crippen molar-refractivity contribution in [1.29, 1.82) is 5.26 Å². The van der Waals surface area contributed by atoms with Gasteiger partial charge in [-0.2, -0.15) is 5.26 Å². The molecule has 1 aromatic carbocycles. The van der Waals surface area contributed by atoms with Crippen molar-refractivity contribution in [2.45, 2.75) is 33.2 Å². The van der Waals surface area contributed by atoms with Gasteiger partial charge in [-0.3, -0.25) is 4.79 Å². The Bertz CT molecular complexity index is 999. The molecule has 2 heterocycles. The number of allylic oxidation sites excluding steroid dienone is 1. The first-order valence-corrected chi connectivity index (χ1v) is 8.78. The molecule has 5 nitrogen and oxygen atoms in total. The SMILES string of the molecule is Cc1cc2c(c(=O)n1CC(C)C)[C@H](c1cccc(Cl)c1)C(C#N)=C(N)O2. The van der Waals surface area contributed by atoms with Crippen LogP contribution in [0.15, 0.2) is 46.6 Å². The summed E-state index contributed by atoms with van der Waals surface area (Å²) in [6, 6.07) is 11.0. The zero-order chi connectivity index (χ0) is 19.0. The first kappa shape index (κ1) is 18.1. The fourth-order valence-electron chi connectivity index (χ4n) is 3.30. The second-order valence-corrected chi connectivity index (χ2v) is 7.29. The Hall–Kier alpha value is -2.71. The molecule has 0 spiro atoms. The molecule has 2 aromatic rings. The van der Waals surface area contributed by atoms with Crippen molar-refractivity contribution in [3.05, 3.63) is 74.0 Å². The zero-order valence-corrected chi connectivity index (χ0v) is 15.7. The van der Waals surface area contributed by atoms with Crippen LogP contribution < -0.4 is 16.0 Å². The summed E-state index contributed by atoms with van der Waals surface area (Å²) < 4.78 is 7.35. The molecule has 1 aliphatic rings. The molecule has 0 saturated carbocycles. The van der Waals surface area contributed by atoms with Gasteiger partial charge in [-0.25, -0.2) is 0 Å². The number of benzene rings is 1. The van der Waals surface area contributed by atoms with Crippen molar-refractivity contribution in [3.8, 4) is 11.8 Å². The van der Waals surface area contributed by atoms with Crippen LogP contribution in [0.2, 0.25) is 5.02 Å². The zero-order valence-electron chi connectivity index (χ0n) is 14.9. The Labute approximate surface area is 157 Å². The number of aromatic nitrogens is 1. The average Bonchev–Trinajstić information content (AvgIpc) is 2.57. The standard InChI is InChI=1S/C20H20ClN3O2/c1-11(2)10-24-12(3)7-16-18(20(24)25)17(15(9-22)19(23)26-16)13-5-4-6-14(21)8-13/h4-8,11,17H,10,23H2,1-3H3/t17-/m1/s1. The highest BCUT2D eigenvalue weighted by Gasteiger charge is 2.34. The van der Waals surface area contributed by atoms with Crippen molar-refractivity contribution in [2.75, 3.05) is 0 Å². The molecule has 1 atom stereocenters. The predicted octanol–water partition coefficient (Wildman–Crippen LogP) is 3.68. The number of hydrogen-bond acceptors (Lipinski definition) is 4. The van der Waals surface area contributed by atoms with Crippen molar-refractivity contribution in [1.82, 2.24) is 4.57 Å². The third-order valence-electron chi connectivity index (χ3n) is 4.42. The van der Waals surface area contributed by atoms with Gasteiger partial charge in [-0.15, -0.1) is 0 Å². The molecule has 0 amide bonds. The van der Waals surface area contributed by atoms with Crippen LogP contribution in [0, 0.1) is 24.2 Å². The van der Waals surface area contributed by atoms with E-state index in [-0.39, 0.29) is 17.0 Å². The Morgan fingerprint density at radius 1 is 1.38 bits per heavy atom. The quantitative estimate of drug-likeness (QED) is 0.894. The van der Waals surface area contributed by atoms with Gasteiger partial charge in [0.25, 0.3) is 5.56 Å². The van der Waals surface area contributed by atoms with Gasteiger partial charge < -0.3 is 15.0 Å². The highest BCUT2D eigenvalue weighted by molar-refractivity contribution is 6.30. The lowest BCUT2D eigenvalue weighted by Gasteiger charge is -2.27. The number of halogens is 1. The Morgan fingerprint density at radius 3 is 2.73 bits per heavy atom. The molecule has 0 fully saturated rings. The molecule has 0 radical (unpaired) electrons. The van der Waals surface area contributed by atoms with E-state index >= 15 is 0 Å². The van der Waals surface area contributed by atoms with E-state index in [4.69, 9.17) is 22.1 Å². The first-order valence-electron chi connectivity index (χ1n) is 8.40. The Balaban J connectivity index is 2.31. The number of fused-ring (bicyclic) bond motifs is 1. The number of ether oxygens (including phenoxy) is 1. The van der Waals surface area contributed by atoms with Gasteiger partial charge in [0.15, 0.2) is 0 Å². The van der Waals surface area contributed by atoms with Crippen LogP contribution in [0.3, 0.4) is 0 Å². The predicted molar refractivity (Wildman–Crippen MR) is 101 cm³/mol. The summed E-state index contributed by atoms with van der Waals surface area (Å²) in [6.45, 7) is 6.55. The molecular weight excluding hydrogens is 350 g/mol. The van der Waals surface area contributed by atoms with E-state index in [2.05, 4.69) is 19.9 Å². The van der Waals surface area contributed by atoms with Crippen molar-refractivity contribution >= 4 is 11.6 Å². The van der Waals surface area contributed by atoms with Gasteiger partial charge in [0.1, 0.15) is 17.4 Å². The van der Waals surface area contributed by atoms with Gasteiger partial charge in [-0.05, 0) is 30.5 Å². The fourth-order valence-corrected chi connectivity index (χ4v) is 3.50. The minimum atomic E-state index is -0.603. The van der Waals surface area contributed by atoms with Crippen LogP contribution in [-0.4, -0.2) is 4.57 Å². The lowest BCUT2D eigenvalue weighted by molar-refractivity contribution is 0.386. The average molecular weight is 370 g/mol. The van der Waals surface area contributed by atoms with E-state index in [1.165, 1.54) is 0 Å². The van der Waals surface area contributed by atoms with Crippen LogP contribution in [0.25, 0.3) is 0 Å². The Morgan fingerprint density at radius 2 is 2.12 bits per heavy atom. The summed E-state index contributed by atoms with van der Waals surface area (Å²) >= 11 is 6.14. The van der Waals surface area contributed by atoms with E-state index < -0.39 is 5.92 Å². The van der Waals surface area contributed by atoms with E-state index in [1.807, 2.05) is 13.0 Å². The summed E-state index contributed by atoms with van der Waals surface area (Å²) in [4.78, 5) is 13.3. The normalized spacial score (nSPS) is 16.2. The minimum absolute atomic E-state index is 0.0189. The summed E-state index contributed by atoms with van der Waals surface area (Å²) in [5.74, 6) is 0.114. The molecule has 0 unspecified atom stereocenters. The first-order chi connectivity index (χ1) is 12.3. The highest BCUT2D eigenvalue weighted by atomic mass is 35.5. The minimum Gasteiger partial charge on any atom is -0.440 e. The maximum atomic E-state index is 13.3. The molecule has 2 N–H and O–H groups in total. The number of pyridine rings is 1. The van der Waals surface area contributed by atoms with E-state index in [0.717, 1.165) is 11.3 Å². The number of nitriles is 1. The molecule has 1 aromatic heterocycles. The van der Waals surface area contributed by atoms with Gasteiger partial charge >= 0.3 is 0 Å². The second kappa shape index (κ2) is 6.89. The fraction of sp³-hybridized carbons (Fsp3) is 0.300. The molecule has 0 bridgehead atoms. The van der Waals surface area contributed by atoms with E-state index in [9.17, 15) is 10.1 Å². The molecule has 0 aliphatic carbocycles. The number of nitrogens with zero attached hydrogens (tertiary/aromatic N) is 2. The van der Waals surface area contributed by atoms with E-state index in [0.29, 0.717) is 28.8 Å². The third kappa shape index (κ3) is 3.09. The van der Waals surface area contributed by atoms with Crippen LogP contribution in [-0.2, 0) is 6.54 Å². The number of aryl methyl sites for hydroxylation is 1. The summed E-state index contributed by atoms with van der Waals surface area (Å²) in [6.07, 6.45) is 0. The van der Waals surface area contributed by atoms with Crippen LogP contribution in [0.5, 0.6) is 5.75 Å².